The van der Waals surface area contributed by atoms with Crippen LogP contribution in [0.15, 0.2) is 247 Å². The van der Waals surface area contributed by atoms with Crippen LogP contribution in [-0.2, 0) is 70.8 Å². The second kappa shape index (κ2) is 49.0. The van der Waals surface area contributed by atoms with E-state index < -0.39 is 0 Å². The lowest BCUT2D eigenvalue weighted by Gasteiger charge is -2.18. The van der Waals surface area contributed by atoms with Crippen LogP contribution in [0.5, 0.6) is 0 Å². The van der Waals surface area contributed by atoms with Crippen molar-refractivity contribution in [2.75, 3.05) is 36.8 Å². The van der Waals surface area contributed by atoms with Gasteiger partial charge in [0.2, 0.25) is 0 Å². The lowest BCUT2D eigenvalue weighted by Crippen LogP contribution is -2.26. The lowest BCUT2D eigenvalue weighted by atomic mass is 10.0. The number of rotatable bonds is 0. The number of aryl methyl sites for hydroxylation is 8. The Morgan fingerprint density at radius 1 is 0.387 bits per heavy atom. The molecule has 6 aromatic heterocycles. The third-order valence-corrected chi connectivity index (χ3v) is 20.1. The number of hydrogen-bond acceptors (Lipinski definition) is 10. The van der Waals surface area contributed by atoms with Crippen molar-refractivity contribution in [1.82, 2.24) is 44.4 Å². The minimum atomic E-state index is 0. The first kappa shape index (κ1) is 90.3. The van der Waals surface area contributed by atoms with E-state index in [2.05, 4.69) is 212 Å². The number of aromatic nitrogens is 8. The maximum absolute atomic E-state index is 4.28. The molecule has 11 heterocycles. The summed E-state index contributed by atoms with van der Waals surface area (Å²) in [6.07, 6.45) is 39.3. The van der Waals surface area contributed by atoms with Gasteiger partial charge in [0, 0.05) is 109 Å². The van der Waals surface area contributed by atoms with Crippen LogP contribution in [-0.4, -0.2) is 76.4 Å². The lowest BCUT2D eigenvalue weighted by molar-refractivity contribution is 0.497. The molecular formula is C92H126N12S2. The highest BCUT2D eigenvalue weighted by molar-refractivity contribution is 7.10. The van der Waals surface area contributed by atoms with E-state index in [1.165, 1.54) is 204 Å². The normalized spacial score (nSPS) is 13.6. The molecule has 1 saturated heterocycles. The van der Waals surface area contributed by atoms with Crippen molar-refractivity contribution in [3.63, 3.8) is 0 Å². The average molecular weight is 1460 g/mol. The SMILES string of the molecule is C.C.C.C.C.C.C.C.C.C1=CN=C2CCCN2C1.C1=Cc2ccccc2C1.c1ccc2[nH]ccc2c1.c1ccc2[nH]ccc2c1.c1ccc2[nH]cnc2c1.c1ccc2c(c1)CCC2.c1ccc2c(c1)CCN2.c1ccc2c(c1)CCN2.c1cn2c(n1)CCC2.c1nc2c(s1)CCC2.c1nc2c(s1)CCCC2. The van der Waals surface area contributed by atoms with Gasteiger partial charge in [0.15, 0.2) is 0 Å². The Bertz CT molecular complexity index is 4030. The molecule has 566 valence electrons. The van der Waals surface area contributed by atoms with E-state index >= 15 is 0 Å². The van der Waals surface area contributed by atoms with E-state index in [9.17, 15) is 0 Å². The van der Waals surface area contributed by atoms with Crippen molar-refractivity contribution in [1.29, 1.82) is 0 Å². The zero-order valence-electron chi connectivity index (χ0n) is 55.7. The standard InChI is InChI=1S/C9H10.C9H8.2C8H9N.2C8H7N.C7H10N2.C7H6N2.C7H9NS.C6H8N2.C6H7NS.9CH4/c2*1-2-5-9-7-3-6-8(9)4-1;4*1-2-4-8-7(3-1)5-6-9-8;1-3-7-8-4-2-6-9(7)5-1;2*1-2-4-7-6(3-1)8-5-9-7;1-2-6-7-3-5-8(6)4-1;1-2-5-6(3-1)8-4-7-5;;;;;;;;;/h1-2,4-5H,3,6-7H2;1-6H,7H2;2*1-4,9H,5-6H2;2*1-6,9H;2,4H,1,3,5-6H2;1-5H,(H,8,9);5H,1-4H2;3,5H,1-2,4H2;4H,1-3H2;9*1H4. The summed E-state index contributed by atoms with van der Waals surface area (Å²) in [5, 5.41) is 9.15. The number of fused-ring (bicyclic) bond motifs is 11. The van der Waals surface area contributed by atoms with Crippen LogP contribution in [0.3, 0.4) is 0 Å². The first-order valence-electron chi connectivity index (χ1n) is 34.8. The number of anilines is 2. The quantitative estimate of drug-likeness (QED) is 0.102. The number of para-hydroxylation sites is 6. The van der Waals surface area contributed by atoms with E-state index in [1.807, 2.05) is 102 Å². The summed E-state index contributed by atoms with van der Waals surface area (Å²) in [5.74, 6) is 2.54. The molecule has 0 bridgehead atoms. The van der Waals surface area contributed by atoms with E-state index in [0.29, 0.717) is 0 Å². The second-order valence-corrected chi connectivity index (χ2v) is 26.6. The predicted molar refractivity (Wildman–Crippen MR) is 469 cm³/mol. The molecule has 0 spiro atoms. The van der Waals surface area contributed by atoms with Crippen LogP contribution in [0.1, 0.15) is 172 Å². The molecule has 5 N–H and O–H groups in total. The number of nitrogens with one attached hydrogen (secondary N) is 5. The third-order valence-electron chi connectivity index (χ3n) is 18.2. The number of benzene rings is 7. The third kappa shape index (κ3) is 26.6. The summed E-state index contributed by atoms with van der Waals surface area (Å²) < 4.78 is 2.21. The van der Waals surface area contributed by atoms with Gasteiger partial charge >= 0.3 is 0 Å². The highest BCUT2D eigenvalue weighted by Gasteiger charge is 2.18. The Hall–Kier alpha value is -9.89. The fourth-order valence-electron chi connectivity index (χ4n) is 13.0. The van der Waals surface area contributed by atoms with Crippen molar-refractivity contribution in [3.05, 3.63) is 303 Å². The number of amidine groups is 1. The largest absolute Gasteiger partial charge is 0.384 e. The molecule has 0 unspecified atom stereocenters. The van der Waals surface area contributed by atoms with Crippen LogP contribution in [0.4, 0.5) is 11.4 Å². The minimum absolute atomic E-state index is 0. The number of aromatic amines is 3. The Morgan fingerprint density at radius 3 is 1.46 bits per heavy atom. The number of H-pyrrole nitrogens is 3. The van der Waals surface area contributed by atoms with Crippen LogP contribution in [0, 0.1) is 0 Å². The molecule has 1 fully saturated rings. The number of hydrogen-bond donors (Lipinski definition) is 5. The Balaban J connectivity index is 0.000000300. The van der Waals surface area contributed by atoms with Gasteiger partial charge in [0.25, 0.3) is 0 Å². The van der Waals surface area contributed by atoms with Crippen molar-refractivity contribution in [2.24, 2.45) is 4.99 Å². The fourth-order valence-corrected chi connectivity index (χ4v) is 14.7. The molecule has 14 heteroatoms. The molecule has 22 rings (SSSR count). The molecular weight excluding hydrogens is 1340 g/mol. The van der Waals surface area contributed by atoms with Gasteiger partial charge in [-0.2, -0.15) is 0 Å². The van der Waals surface area contributed by atoms with Crippen molar-refractivity contribution in [3.8, 4) is 0 Å². The number of thiazole rings is 2. The van der Waals surface area contributed by atoms with Crippen LogP contribution < -0.4 is 10.6 Å². The highest BCUT2D eigenvalue weighted by atomic mass is 32.1. The molecule has 0 saturated carbocycles. The van der Waals surface area contributed by atoms with Crippen LogP contribution in [0.25, 0.3) is 38.9 Å². The van der Waals surface area contributed by atoms with Crippen LogP contribution >= 0.6 is 22.7 Å². The summed E-state index contributed by atoms with van der Waals surface area (Å²) in [5.41, 5.74) is 22.7. The summed E-state index contributed by atoms with van der Waals surface area (Å²) in [4.78, 5) is 35.6. The highest BCUT2D eigenvalue weighted by Crippen LogP contribution is 2.26. The Morgan fingerprint density at radius 2 is 0.896 bits per heavy atom. The maximum atomic E-state index is 4.28. The molecule has 5 aliphatic heterocycles. The molecule has 9 aliphatic rings. The van der Waals surface area contributed by atoms with Gasteiger partial charge in [-0.1, -0.05) is 212 Å². The predicted octanol–water partition coefficient (Wildman–Crippen LogP) is 24.9. The zero-order chi connectivity index (χ0) is 65.7. The number of aliphatic imine (C=N–C) groups is 1. The van der Waals surface area contributed by atoms with Gasteiger partial charge in [0.1, 0.15) is 11.7 Å². The van der Waals surface area contributed by atoms with Gasteiger partial charge in [0.05, 0.1) is 39.8 Å². The molecule has 13 aromatic rings. The average Bonchev–Trinajstić information content (AvgIpc) is 1.72. The summed E-state index contributed by atoms with van der Waals surface area (Å²) in [7, 11) is 0. The van der Waals surface area contributed by atoms with Gasteiger partial charge < -0.3 is 35.1 Å². The molecule has 106 heavy (non-hydrogen) atoms. The molecule has 0 amide bonds. The Kier molecular flexibility index (Phi) is 41.8. The number of imidazole rings is 2. The summed E-state index contributed by atoms with van der Waals surface area (Å²) in [6, 6.07) is 62.7. The molecule has 12 nitrogen and oxygen atoms in total. The molecule has 7 aromatic carbocycles. The van der Waals surface area contributed by atoms with Crippen LogP contribution in [0.2, 0.25) is 0 Å². The Labute approximate surface area is 646 Å². The fraction of sp³-hybridized carbons (Fsp3) is 0.337. The van der Waals surface area contributed by atoms with Crippen molar-refractivity contribution < 1.29 is 0 Å². The zero-order valence-corrected chi connectivity index (χ0v) is 57.3. The van der Waals surface area contributed by atoms with Gasteiger partial charge in [-0.25, -0.2) is 24.9 Å². The van der Waals surface area contributed by atoms with Gasteiger partial charge in [-0.15, -0.1) is 22.7 Å². The topological polar surface area (TPSA) is 144 Å². The van der Waals surface area contributed by atoms with Gasteiger partial charge in [-0.05, 0) is 195 Å². The van der Waals surface area contributed by atoms with Crippen molar-refractivity contribution >= 4 is 78.8 Å². The van der Waals surface area contributed by atoms with Gasteiger partial charge in [-0.3, -0.25) is 0 Å². The first-order chi connectivity index (χ1) is 48.1. The molecule has 0 radical (unpaired) electrons. The minimum Gasteiger partial charge on any atom is -0.384 e. The van der Waals surface area contributed by atoms with E-state index in [0.717, 1.165) is 37.1 Å². The monoisotopic (exact) mass is 1460 g/mol. The van der Waals surface area contributed by atoms with E-state index in [1.54, 1.807) is 28.8 Å². The second-order valence-electron chi connectivity index (χ2n) is 24.8. The smallest absolute Gasteiger partial charge is 0.108 e. The summed E-state index contributed by atoms with van der Waals surface area (Å²) in [6.45, 7) is 5.69. The number of nitrogens with zero attached hydrogens (tertiary/aromatic N) is 7. The first-order valence-corrected chi connectivity index (χ1v) is 36.6. The molecule has 0 atom stereocenters. The number of allylic oxidation sites excluding steroid dienone is 1. The maximum Gasteiger partial charge on any atom is 0.108 e. The van der Waals surface area contributed by atoms with Crippen molar-refractivity contribution in [2.45, 2.75) is 183 Å². The summed E-state index contributed by atoms with van der Waals surface area (Å²) >= 11 is 3.62. The van der Waals surface area contributed by atoms with E-state index in [4.69, 9.17) is 0 Å². The van der Waals surface area contributed by atoms with E-state index in [-0.39, 0.29) is 66.8 Å². The molecule has 4 aliphatic carbocycles.